The molecule has 4 aromatic rings. The van der Waals surface area contributed by atoms with E-state index in [1.54, 1.807) is 0 Å². The third kappa shape index (κ3) is 11.7. The Hall–Kier alpha value is -4.50. The van der Waals surface area contributed by atoms with Gasteiger partial charge in [-0.3, -0.25) is 9.69 Å². The van der Waals surface area contributed by atoms with E-state index in [1.165, 1.54) is 97.6 Å². The Bertz CT molecular complexity index is 2490. The zero-order valence-corrected chi connectivity index (χ0v) is 45.8. The van der Waals surface area contributed by atoms with Crippen LogP contribution in [0, 0.1) is 40.9 Å². The molecule has 9 fully saturated rings. The topological polar surface area (TPSA) is 59.6 Å². The second-order valence-electron chi connectivity index (χ2n) is 26.2. The van der Waals surface area contributed by atoms with Crippen LogP contribution in [-0.2, 0) is 16.1 Å². The van der Waals surface area contributed by atoms with Gasteiger partial charge in [-0.15, -0.1) is 0 Å². The molecular weight excluding hydrogens is 923 g/mol. The van der Waals surface area contributed by atoms with Gasteiger partial charge < -0.3 is 24.3 Å². The van der Waals surface area contributed by atoms with Crippen LogP contribution < -0.4 is 0 Å². The first-order valence-corrected chi connectivity index (χ1v) is 30.4. The number of carbonyl (C=O) groups is 2. The van der Waals surface area contributed by atoms with E-state index in [9.17, 15) is 4.79 Å². The highest BCUT2D eigenvalue weighted by Gasteiger charge is 2.57. The van der Waals surface area contributed by atoms with Crippen molar-refractivity contribution in [2.75, 3.05) is 72.0 Å². The molecule has 9 aliphatic rings. The summed E-state index contributed by atoms with van der Waals surface area (Å²) < 4.78 is 5.89. The largest absolute Gasteiger partial charge is 0.447 e. The molecule has 4 saturated heterocycles. The minimum absolute atomic E-state index is 0.102. The standard InChI is InChI=1S/C67H89N5O3/c1-48(2)75-66(74)72(41-50-16-8-4-9-17-50)62-26-30-69(31-27-62)42-60-44-70(40-49-14-6-3-7-15-49)46-63(60)58-22-12-20-56(35-58)57-21-13-23-59(36-57)64-47-71(65(73)67-37-51-32-52(38-67)34-53(33-51)39-67)45-61(64)43-68-28-24-55(25-29-68)54-18-10-5-11-19-54/h3,5-7,10-15,18-23,35-36,48,50-53,55,60-64H,4,8-9,16-17,24-34,37-47H2,1-2H3/t51?,52?,53?,60?,61-,63+,64+,67?/m0/s1. The molecule has 8 nitrogen and oxygen atoms in total. The Balaban J connectivity index is 0.764. The number of rotatable bonds is 15. The van der Waals surface area contributed by atoms with Gasteiger partial charge in [0.2, 0.25) is 5.91 Å². The van der Waals surface area contributed by atoms with Gasteiger partial charge in [0.25, 0.3) is 0 Å². The zero-order chi connectivity index (χ0) is 50.9. The van der Waals surface area contributed by atoms with Gasteiger partial charge >= 0.3 is 6.09 Å². The molecule has 1 unspecified atom stereocenters. The molecule has 2 amide bonds. The van der Waals surface area contributed by atoms with Crippen molar-refractivity contribution in [3.8, 4) is 11.1 Å². The van der Waals surface area contributed by atoms with Crippen LogP contribution in [0.15, 0.2) is 109 Å². The lowest BCUT2D eigenvalue weighted by Crippen LogP contribution is -2.54. The predicted octanol–water partition coefficient (Wildman–Crippen LogP) is 13.1. The lowest BCUT2D eigenvalue weighted by atomic mass is 9.49. The van der Waals surface area contributed by atoms with Gasteiger partial charge in [0.1, 0.15) is 0 Å². The summed E-state index contributed by atoms with van der Waals surface area (Å²) in [5.41, 5.74) is 8.24. The number of hydrogen-bond acceptors (Lipinski definition) is 6. The molecule has 4 atom stereocenters. The number of amides is 2. The molecule has 4 bridgehead atoms. The molecule has 4 aliphatic heterocycles. The van der Waals surface area contributed by atoms with Gasteiger partial charge in [0.05, 0.1) is 11.5 Å². The lowest BCUT2D eigenvalue weighted by Gasteiger charge is -2.56. The SMILES string of the molecule is CC(C)OC(=O)N(CC1CCCCC1)C1CCN(CC2CN(Cc3ccccc3)C[C@@H]2c2cccc(-c3cccc([C@H]4CN(C(=O)C56CC7CC(CC(C7)C5)C6)C[C@@H]4CN4CCC(c5ccccc5)CC4)c3)c2)CC1. The normalized spacial score (nSPS) is 30.1. The quantitative estimate of drug-likeness (QED) is 0.118. The molecule has 0 N–H and O–H groups in total. The Morgan fingerprint density at radius 1 is 0.587 bits per heavy atom. The number of nitrogens with zero attached hydrogens (tertiary/aromatic N) is 5. The lowest BCUT2D eigenvalue weighted by molar-refractivity contribution is -0.156. The third-order valence-corrected chi connectivity index (χ3v) is 20.5. The fraction of sp³-hybridized carbons (Fsp3) is 0.612. The Morgan fingerprint density at radius 2 is 1.13 bits per heavy atom. The summed E-state index contributed by atoms with van der Waals surface area (Å²) in [4.78, 5) is 41.4. The van der Waals surface area contributed by atoms with Crippen molar-refractivity contribution in [3.63, 3.8) is 0 Å². The molecular formula is C67H89N5O3. The van der Waals surface area contributed by atoms with Crippen LogP contribution in [0.4, 0.5) is 4.79 Å². The van der Waals surface area contributed by atoms with Crippen molar-refractivity contribution in [1.29, 1.82) is 0 Å². The minimum Gasteiger partial charge on any atom is -0.447 e. The first-order chi connectivity index (χ1) is 36.7. The van der Waals surface area contributed by atoms with E-state index in [0.29, 0.717) is 41.4 Å². The van der Waals surface area contributed by atoms with Crippen molar-refractivity contribution in [1.82, 2.24) is 24.5 Å². The van der Waals surface area contributed by atoms with Gasteiger partial charge in [-0.2, -0.15) is 0 Å². The second kappa shape index (κ2) is 22.8. The molecule has 0 radical (unpaired) electrons. The smallest absolute Gasteiger partial charge is 0.410 e. The fourth-order valence-electron chi connectivity index (χ4n) is 17.2. The maximum atomic E-state index is 15.1. The highest BCUT2D eigenvalue weighted by atomic mass is 16.6. The van der Waals surface area contributed by atoms with E-state index >= 15 is 4.79 Å². The number of piperidine rings is 2. The third-order valence-electron chi connectivity index (χ3n) is 20.5. The van der Waals surface area contributed by atoms with Gasteiger partial charge in [-0.25, -0.2) is 4.79 Å². The van der Waals surface area contributed by atoms with E-state index < -0.39 is 0 Å². The first kappa shape index (κ1) is 51.3. The van der Waals surface area contributed by atoms with Crippen LogP contribution in [0.2, 0.25) is 0 Å². The van der Waals surface area contributed by atoms with Crippen molar-refractivity contribution >= 4 is 12.0 Å². The van der Waals surface area contributed by atoms with E-state index in [-0.39, 0.29) is 23.7 Å². The average Bonchev–Trinajstić information content (AvgIpc) is 4.07. The number of ether oxygens (including phenoxy) is 1. The first-order valence-electron chi connectivity index (χ1n) is 30.4. The molecule has 0 spiro atoms. The van der Waals surface area contributed by atoms with Gasteiger partial charge in [-0.1, -0.05) is 128 Å². The molecule has 5 saturated carbocycles. The number of benzene rings is 4. The summed E-state index contributed by atoms with van der Waals surface area (Å²) in [6.45, 7) is 16.1. The molecule has 5 aliphatic carbocycles. The van der Waals surface area contributed by atoms with Crippen LogP contribution in [0.25, 0.3) is 11.1 Å². The van der Waals surface area contributed by atoms with E-state index in [0.717, 1.165) is 128 Å². The molecule has 0 aromatic heterocycles. The molecule has 13 rings (SSSR count). The Morgan fingerprint density at radius 3 is 1.73 bits per heavy atom. The summed E-state index contributed by atoms with van der Waals surface area (Å²) in [5, 5.41) is 0. The predicted molar refractivity (Wildman–Crippen MR) is 302 cm³/mol. The maximum Gasteiger partial charge on any atom is 0.410 e. The molecule has 75 heavy (non-hydrogen) atoms. The monoisotopic (exact) mass is 1010 g/mol. The number of hydrogen-bond donors (Lipinski definition) is 0. The molecule has 4 heterocycles. The fourth-order valence-corrected chi connectivity index (χ4v) is 17.2. The summed E-state index contributed by atoms with van der Waals surface area (Å²) in [6, 6.07) is 41.6. The number of likely N-dealkylation sites (tertiary alicyclic amines) is 4. The van der Waals surface area contributed by atoms with E-state index in [4.69, 9.17) is 4.74 Å². The highest BCUT2D eigenvalue weighted by molar-refractivity contribution is 5.84. The van der Waals surface area contributed by atoms with Gasteiger partial charge in [0.15, 0.2) is 0 Å². The molecule has 4 aromatic carbocycles. The summed E-state index contributed by atoms with van der Waals surface area (Å²) in [5.74, 6) is 5.74. The van der Waals surface area contributed by atoms with Crippen molar-refractivity contribution < 1.29 is 14.3 Å². The van der Waals surface area contributed by atoms with E-state index in [1.807, 2.05) is 13.8 Å². The highest BCUT2D eigenvalue weighted by Crippen LogP contribution is 2.61. The van der Waals surface area contributed by atoms with E-state index in [2.05, 4.69) is 134 Å². The van der Waals surface area contributed by atoms with Crippen molar-refractivity contribution in [3.05, 3.63) is 131 Å². The minimum atomic E-state index is -0.103. The van der Waals surface area contributed by atoms with Gasteiger partial charge in [-0.05, 0) is 179 Å². The van der Waals surface area contributed by atoms with Crippen LogP contribution in [0.5, 0.6) is 0 Å². The number of carbonyl (C=O) groups excluding carboxylic acids is 2. The summed E-state index contributed by atoms with van der Waals surface area (Å²) in [6.07, 6.45) is 18.2. The second-order valence-corrected chi connectivity index (χ2v) is 26.2. The average molecular weight is 1010 g/mol. The Labute approximate surface area is 450 Å². The van der Waals surface area contributed by atoms with Crippen LogP contribution in [-0.4, -0.2) is 121 Å². The summed E-state index contributed by atoms with van der Waals surface area (Å²) in [7, 11) is 0. The molecule has 400 valence electrons. The van der Waals surface area contributed by atoms with Crippen LogP contribution >= 0.6 is 0 Å². The summed E-state index contributed by atoms with van der Waals surface area (Å²) >= 11 is 0. The zero-order valence-electron chi connectivity index (χ0n) is 45.8. The van der Waals surface area contributed by atoms with Crippen LogP contribution in [0.3, 0.4) is 0 Å². The van der Waals surface area contributed by atoms with Gasteiger partial charge in [0, 0.05) is 83.3 Å². The van der Waals surface area contributed by atoms with Crippen molar-refractivity contribution in [2.45, 2.75) is 147 Å². The van der Waals surface area contributed by atoms with Crippen LogP contribution in [0.1, 0.15) is 150 Å². The van der Waals surface area contributed by atoms with Crippen molar-refractivity contribution in [2.24, 2.45) is 40.9 Å². The Kier molecular flexibility index (Phi) is 15.6. The maximum absolute atomic E-state index is 15.1. The molecule has 8 heteroatoms.